The van der Waals surface area contributed by atoms with Gasteiger partial charge in [0.25, 0.3) is 0 Å². The fourth-order valence-corrected chi connectivity index (χ4v) is 2.31. The normalized spacial score (nSPS) is 22.5. The summed E-state index contributed by atoms with van der Waals surface area (Å²) >= 11 is 0. The van der Waals surface area contributed by atoms with E-state index in [1.54, 1.807) is 7.05 Å². The van der Waals surface area contributed by atoms with Gasteiger partial charge in [0.1, 0.15) is 0 Å². The molecule has 1 rings (SSSR count). The molecule has 1 heterocycles. The zero-order valence-electron chi connectivity index (χ0n) is 10.4. The second-order valence-corrected chi connectivity index (χ2v) is 4.36. The summed E-state index contributed by atoms with van der Waals surface area (Å²) < 4.78 is 36.5. The van der Waals surface area contributed by atoms with E-state index in [-0.39, 0.29) is 51.4 Å². The number of rotatable bonds is 5. The van der Waals surface area contributed by atoms with Gasteiger partial charge in [-0.1, -0.05) is 6.92 Å². The number of likely N-dealkylation sites (N-methyl/N-ethyl adjacent to an activating group) is 2. The van der Waals surface area contributed by atoms with Crippen LogP contribution in [0.1, 0.15) is 19.8 Å². The Morgan fingerprint density at radius 2 is 2.00 bits per heavy atom. The van der Waals surface area contributed by atoms with Gasteiger partial charge < -0.3 is 17.8 Å². The summed E-state index contributed by atoms with van der Waals surface area (Å²) in [4.78, 5) is 3.67. The number of halogens is 3. The Bertz CT molecular complexity index is 204. The van der Waals surface area contributed by atoms with E-state index in [2.05, 4.69) is 11.8 Å². The van der Waals surface area contributed by atoms with Crippen molar-refractivity contribution in [3.63, 3.8) is 0 Å². The maximum atomic E-state index is 12.2. The number of hydrogen-bond acceptors (Lipinski definition) is 2. The van der Waals surface area contributed by atoms with Gasteiger partial charge in [-0.2, -0.15) is 0 Å². The van der Waals surface area contributed by atoms with E-state index < -0.39 is 13.4 Å². The first-order valence-corrected chi connectivity index (χ1v) is 5.56. The molecule has 16 heavy (non-hydrogen) atoms. The van der Waals surface area contributed by atoms with E-state index in [4.69, 9.17) is 0 Å². The SMILES string of the molecule is CCN1CCCC1CN(C)C[B-](F)(F)F.[K+]. The van der Waals surface area contributed by atoms with Crippen molar-refractivity contribution in [3.8, 4) is 0 Å². The van der Waals surface area contributed by atoms with Crippen LogP contribution in [-0.2, 0) is 0 Å². The van der Waals surface area contributed by atoms with Crippen LogP contribution >= 0.6 is 0 Å². The average molecular weight is 262 g/mol. The molecule has 1 aliphatic rings. The van der Waals surface area contributed by atoms with Crippen LogP contribution in [0.15, 0.2) is 0 Å². The van der Waals surface area contributed by atoms with Gasteiger partial charge in [0, 0.05) is 12.6 Å². The predicted molar refractivity (Wildman–Crippen MR) is 56.8 cm³/mol. The fourth-order valence-electron chi connectivity index (χ4n) is 2.31. The third kappa shape index (κ3) is 6.37. The molecule has 1 aliphatic heterocycles. The van der Waals surface area contributed by atoms with Crippen molar-refractivity contribution in [2.45, 2.75) is 25.8 Å². The van der Waals surface area contributed by atoms with E-state index >= 15 is 0 Å². The molecule has 2 nitrogen and oxygen atoms in total. The molecule has 0 aromatic rings. The van der Waals surface area contributed by atoms with Gasteiger partial charge in [0.05, 0.1) is 0 Å². The van der Waals surface area contributed by atoms with E-state index in [0.29, 0.717) is 12.6 Å². The molecular weight excluding hydrogens is 243 g/mol. The van der Waals surface area contributed by atoms with Crippen LogP contribution in [0.5, 0.6) is 0 Å². The van der Waals surface area contributed by atoms with Crippen molar-refractivity contribution in [1.82, 2.24) is 9.80 Å². The molecule has 90 valence electrons. The summed E-state index contributed by atoms with van der Waals surface area (Å²) in [6.07, 6.45) is 1.40. The van der Waals surface area contributed by atoms with E-state index in [1.165, 1.54) is 4.90 Å². The van der Waals surface area contributed by atoms with Crippen LogP contribution in [0, 0.1) is 0 Å². The topological polar surface area (TPSA) is 6.48 Å². The van der Waals surface area contributed by atoms with Gasteiger partial charge in [-0.05, 0) is 39.4 Å². The van der Waals surface area contributed by atoms with Crippen LogP contribution in [0.2, 0.25) is 0 Å². The minimum Gasteiger partial charge on any atom is -0.448 e. The number of likely N-dealkylation sites (tertiary alicyclic amines) is 1. The Hall–Kier alpha value is 1.41. The summed E-state index contributed by atoms with van der Waals surface area (Å²) in [5.41, 5.74) is 0. The van der Waals surface area contributed by atoms with Gasteiger partial charge in [-0.25, -0.2) is 0 Å². The molecule has 0 aromatic carbocycles. The predicted octanol–water partition coefficient (Wildman–Crippen LogP) is -1.21. The van der Waals surface area contributed by atoms with Crippen LogP contribution in [-0.4, -0.2) is 55.9 Å². The Labute approximate surface area is 138 Å². The molecular formula is C9H19BF3KN2. The quantitative estimate of drug-likeness (QED) is 0.574. The Morgan fingerprint density at radius 3 is 2.50 bits per heavy atom. The third-order valence-electron chi connectivity index (χ3n) is 2.95. The van der Waals surface area contributed by atoms with E-state index in [1.807, 2.05) is 0 Å². The van der Waals surface area contributed by atoms with Crippen LogP contribution < -0.4 is 51.4 Å². The minimum absolute atomic E-state index is 0. The molecule has 0 N–H and O–H groups in total. The average Bonchev–Trinajstić information content (AvgIpc) is 2.48. The molecule has 1 fully saturated rings. The molecule has 0 radical (unpaired) electrons. The van der Waals surface area contributed by atoms with Crippen LogP contribution in [0.4, 0.5) is 12.9 Å². The molecule has 0 saturated carbocycles. The summed E-state index contributed by atoms with van der Waals surface area (Å²) in [5.74, 6) is 0. The summed E-state index contributed by atoms with van der Waals surface area (Å²) in [6.45, 7) is -0.109. The van der Waals surface area contributed by atoms with Gasteiger partial charge in [-0.3, -0.25) is 4.90 Å². The Morgan fingerprint density at radius 1 is 1.38 bits per heavy atom. The third-order valence-corrected chi connectivity index (χ3v) is 2.95. The standard InChI is InChI=1S/C9H19BF3N2.K/c1-3-15-6-4-5-9(15)7-14(2)8-10(11,12)13;/h9H,3-8H2,1-2H3;/q-1;+1. The Balaban J connectivity index is 0.00000225. The second-order valence-electron chi connectivity index (χ2n) is 4.36. The summed E-state index contributed by atoms with van der Waals surface area (Å²) in [6, 6.07) is 0.318. The number of nitrogens with zero attached hydrogens (tertiary/aromatic N) is 2. The molecule has 1 atom stereocenters. The molecule has 7 heteroatoms. The van der Waals surface area contributed by atoms with Crippen molar-refractivity contribution < 1.29 is 64.3 Å². The summed E-state index contributed by atoms with van der Waals surface area (Å²) in [5, 5.41) is 0. The van der Waals surface area contributed by atoms with Crippen molar-refractivity contribution in [1.29, 1.82) is 0 Å². The monoisotopic (exact) mass is 262 g/mol. The maximum absolute atomic E-state index is 12.2. The van der Waals surface area contributed by atoms with Crippen LogP contribution in [0.3, 0.4) is 0 Å². The second kappa shape index (κ2) is 7.76. The van der Waals surface area contributed by atoms with Gasteiger partial charge in [-0.15, -0.1) is 0 Å². The minimum atomic E-state index is -4.68. The molecule has 0 aliphatic carbocycles. The Kier molecular flexibility index (Phi) is 8.44. The van der Waals surface area contributed by atoms with Crippen molar-refractivity contribution in [2.24, 2.45) is 0 Å². The zero-order chi connectivity index (χ0) is 11.5. The van der Waals surface area contributed by atoms with Crippen LogP contribution in [0.25, 0.3) is 0 Å². The molecule has 0 aromatic heterocycles. The first-order valence-electron chi connectivity index (χ1n) is 5.56. The number of hydrogen-bond donors (Lipinski definition) is 0. The van der Waals surface area contributed by atoms with E-state index in [9.17, 15) is 12.9 Å². The van der Waals surface area contributed by atoms with Crippen molar-refractivity contribution in [2.75, 3.05) is 33.1 Å². The first kappa shape index (κ1) is 17.4. The molecule has 0 amide bonds. The molecule has 0 spiro atoms. The largest absolute Gasteiger partial charge is 1.00 e. The van der Waals surface area contributed by atoms with Gasteiger partial charge >= 0.3 is 58.4 Å². The molecule has 1 unspecified atom stereocenters. The molecule has 1 saturated heterocycles. The smallest absolute Gasteiger partial charge is 0.448 e. The van der Waals surface area contributed by atoms with Gasteiger partial charge in [0.2, 0.25) is 0 Å². The zero-order valence-corrected chi connectivity index (χ0v) is 13.5. The molecule has 0 bridgehead atoms. The van der Waals surface area contributed by atoms with Crippen molar-refractivity contribution >= 4 is 6.98 Å². The van der Waals surface area contributed by atoms with Gasteiger partial charge in [0.15, 0.2) is 0 Å². The van der Waals surface area contributed by atoms with Crippen molar-refractivity contribution in [3.05, 3.63) is 0 Å². The first-order chi connectivity index (χ1) is 6.92. The van der Waals surface area contributed by atoms with E-state index in [0.717, 1.165) is 25.9 Å². The fraction of sp³-hybridized carbons (Fsp3) is 1.00. The summed E-state index contributed by atoms with van der Waals surface area (Å²) in [7, 11) is 1.56. The maximum Gasteiger partial charge on any atom is 1.00 e.